The molecule has 0 aliphatic carbocycles. The van der Waals surface area contributed by atoms with Gasteiger partial charge in [0, 0.05) is 11.6 Å². The lowest BCUT2D eigenvalue weighted by atomic mass is 10.1. The number of halogens is 3. The van der Waals surface area contributed by atoms with Crippen LogP contribution >= 0.6 is 23.2 Å². The van der Waals surface area contributed by atoms with E-state index in [1.54, 1.807) is 18.2 Å². The Bertz CT molecular complexity index is 721. The normalized spacial score (nSPS) is 10.2. The fourth-order valence-corrected chi connectivity index (χ4v) is 2.16. The van der Waals surface area contributed by atoms with Crippen LogP contribution in [0.1, 0.15) is 5.56 Å². The Morgan fingerprint density at radius 1 is 1.00 bits per heavy atom. The summed E-state index contributed by atoms with van der Waals surface area (Å²) in [6.07, 6.45) is 0.483. The molecule has 4 nitrogen and oxygen atoms in total. The Morgan fingerprint density at radius 3 is 2.39 bits per heavy atom. The van der Waals surface area contributed by atoms with Crippen LogP contribution in [-0.4, -0.2) is 18.4 Å². The maximum absolute atomic E-state index is 12.8. The first-order chi connectivity index (χ1) is 11.0. The highest BCUT2D eigenvalue weighted by molar-refractivity contribution is 6.42. The Balaban J connectivity index is 1.84. The Morgan fingerprint density at radius 2 is 1.70 bits per heavy atom. The van der Waals surface area contributed by atoms with Gasteiger partial charge in [-0.25, -0.2) is 4.39 Å². The molecule has 0 aliphatic heterocycles. The van der Waals surface area contributed by atoms with Crippen molar-refractivity contribution in [2.24, 2.45) is 0 Å². The van der Waals surface area contributed by atoms with Crippen LogP contribution in [0.3, 0.4) is 0 Å². The third kappa shape index (κ3) is 5.23. The van der Waals surface area contributed by atoms with Gasteiger partial charge in [-0.05, 0) is 42.3 Å². The first-order valence-electron chi connectivity index (χ1n) is 6.74. The third-order valence-corrected chi connectivity index (χ3v) is 3.56. The first kappa shape index (κ1) is 17.2. The average molecular weight is 355 g/mol. The van der Waals surface area contributed by atoms with Crippen molar-refractivity contribution in [3.63, 3.8) is 0 Å². The van der Waals surface area contributed by atoms with Crippen molar-refractivity contribution in [2.75, 3.05) is 11.9 Å². The zero-order valence-electron chi connectivity index (χ0n) is 11.9. The fourth-order valence-electron chi connectivity index (χ4n) is 1.82. The molecule has 0 bridgehead atoms. The van der Waals surface area contributed by atoms with E-state index in [9.17, 15) is 14.0 Å². The number of carbonyl (C=O) groups is 2. The molecule has 7 heteroatoms. The van der Waals surface area contributed by atoms with E-state index in [1.807, 2.05) is 0 Å². The standard InChI is InChI=1S/C16H13Cl2FN2O2/c17-11-3-6-13(18)14(9-11)21-16(23)15(22)20-8-7-10-1-4-12(19)5-2-10/h1-6,9H,7-8H2,(H,20,22)(H,21,23). The van der Waals surface area contributed by atoms with Crippen LogP contribution in [-0.2, 0) is 16.0 Å². The average Bonchev–Trinajstić information content (AvgIpc) is 2.52. The van der Waals surface area contributed by atoms with Gasteiger partial charge in [0.15, 0.2) is 0 Å². The molecular formula is C16H13Cl2FN2O2. The Labute approximate surface area is 142 Å². The summed E-state index contributed by atoms with van der Waals surface area (Å²) in [6, 6.07) is 10.5. The summed E-state index contributed by atoms with van der Waals surface area (Å²) in [6.45, 7) is 0.251. The highest BCUT2D eigenvalue weighted by atomic mass is 35.5. The lowest BCUT2D eigenvalue weighted by molar-refractivity contribution is -0.136. The van der Waals surface area contributed by atoms with Gasteiger partial charge in [0.1, 0.15) is 5.82 Å². The SMILES string of the molecule is O=C(NCCc1ccc(F)cc1)C(=O)Nc1cc(Cl)ccc1Cl. The van der Waals surface area contributed by atoms with E-state index < -0.39 is 11.8 Å². The van der Waals surface area contributed by atoms with E-state index >= 15 is 0 Å². The summed E-state index contributed by atoms with van der Waals surface area (Å²) in [5.74, 6) is -1.95. The molecule has 2 aromatic carbocycles. The van der Waals surface area contributed by atoms with Crippen molar-refractivity contribution in [3.8, 4) is 0 Å². The number of rotatable bonds is 4. The molecule has 0 atom stereocenters. The van der Waals surface area contributed by atoms with Crippen molar-refractivity contribution in [3.05, 3.63) is 63.9 Å². The number of nitrogens with one attached hydrogen (secondary N) is 2. The first-order valence-corrected chi connectivity index (χ1v) is 7.50. The number of amides is 2. The molecule has 0 heterocycles. The van der Waals surface area contributed by atoms with Crippen LogP contribution in [0.25, 0.3) is 0 Å². The zero-order chi connectivity index (χ0) is 16.8. The van der Waals surface area contributed by atoms with Crippen molar-refractivity contribution in [1.29, 1.82) is 0 Å². The molecule has 2 amide bonds. The highest BCUT2D eigenvalue weighted by Crippen LogP contribution is 2.25. The molecule has 0 aliphatic rings. The second-order valence-electron chi connectivity index (χ2n) is 4.71. The number of anilines is 1. The van der Waals surface area contributed by atoms with Crippen molar-refractivity contribution in [2.45, 2.75) is 6.42 Å². The van der Waals surface area contributed by atoms with Crippen molar-refractivity contribution >= 4 is 40.7 Å². The van der Waals surface area contributed by atoms with Gasteiger partial charge in [0.05, 0.1) is 10.7 Å². The van der Waals surface area contributed by atoms with E-state index in [-0.39, 0.29) is 23.1 Å². The lowest BCUT2D eigenvalue weighted by Crippen LogP contribution is -2.36. The molecule has 0 fully saturated rings. The van der Waals surface area contributed by atoms with Crippen LogP contribution in [0.5, 0.6) is 0 Å². The molecule has 0 saturated carbocycles. The smallest absolute Gasteiger partial charge is 0.313 e. The largest absolute Gasteiger partial charge is 0.347 e. The molecule has 2 aromatic rings. The third-order valence-electron chi connectivity index (χ3n) is 3.00. The van der Waals surface area contributed by atoms with Gasteiger partial charge in [-0.3, -0.25) is 9.59 Å². The van der Waals surface area contributed by atoms with E-state index in [0.29, 0.717) is 11.4 Å². The number of benzene rings is 2. The zero-order valence-corrected chi connectivity index (χ0v) is 13.4. The number of carbonyl (C=O) groups excluding carboxylic acids is 2. The second-order valence-corrected chi connectivity index (χ2v) is 5.55. The summed E-state index contributed by atoms with van der Waals surface area (Å²) < 4.78 is 12.8. The summed E-state index contributed by atoms with van der Waals surface area (Å²) in [4.78, 5) is 23.5. The predicted octanol–water partition coefficient (Wildman–Crippen LogP) is 3.43. The van der Waals surface area contributed by atoms with Crippen LogP contribution in [0, 0.1) is 5.82 Å². The quantitative estimate of drug-likeness (QED) is 0.826. The Kier molecular flexibility index (Phi) is 5.96. The maximum atomic E-state index is 12.8. The van der Waals surface area contributed by atoms with Crippen LogP contribution in [0.4, 0.5) is 10.1 Å². The minimum atomic E-state index is -0.840. The highest BCUT2D eigenvalue weighted by Gasteiger charge is 2.14. The summed E-state index contributed by atoms with van der Waals surface area (Å²) >= 11 is 11.7. The predicted molar refractivity (Wildman–Crippen MR) is 88.2 cm³/mol. The minimum Gasteiger partial charge on any atom is -0.347 e. The molecule has 0 unspecified atom stereocenters. The van der Waals surface area contributed by atoms with E-state index in [2.05, 4.69) is 10.6 Å². The summed E-state index contributed by atoms with van der Waals surface area (Å²) in [7, 11) is 0. The topological polar surface area (TPSA) is 58.2 Å². The van der Waals surface area contributed by atoms with Gasteiger partial charge in [0.25, 0.3) is 0 Å². The van der Waals surface area contributed by atoms with Crippen LogP contribution < -0.4 is 10.6 Å². The van der Waals surface area contributed by atoms with Gasteiger partial charge >= 0.3 is 11.8 Å². The van der Waals surface area contributed by atoms with Crippen LogP contribution in [0.15, 0.2) is 42.5 Å². The van der Waals surface area contributed by atoms with Crippen molar-refractivity contribution in [1.82, 2.24) is 5.32 Å². The molecule has 120 valence electrons. The maximum Gasteiger partial charge on any atom is 0.313 e. The minimum absolute atomic E-state index is 0.251. The van der Waals surface area contributed by atoms with E-state index in [4.69, 9.17) is 23.2 Å². The Hall–Kier alpha value is -2.11. The summed E-state index contributed by atoms with van der Waals surface area (Å²) in [5.41, 5.74) is 1.11. The molecule has 23 heavy (non-hydrogen) atoms. The molecule has 2 N–H and O–H groups in total. The summed E-state index contributed by atoms with van der Waals surface area (Å²) in [5, 5.41) is 5.54. The van der Waals surface area contributed by atoms with Gasteiger partial charge in [0.2, 0.25) is 0 Å². The lowest BCUT2D eigenvalue weighted by Gasteiger charge is -2.08. The van der Waals surface area contributed by atoms with Gasteiger partial charge < -0.3 is 10.6 Å². The number of hydrogen-bond donors (Lipinski definition) is 2. The molecule has 2 rings (SSSR count). The molecule has 0 aromatic heterocycles. The van der Waals surface area contributed by atoms with Gasteiger partial charge in [-0.15, -0.1) is 0 Å². The van der Waals surface area contributed by atoms with Crippen molar-refractivity contribution < 1.29 is 14.0 Å². The number of hydrogen-bond acceptors (Lipinski definition) is 2. The molecule has 0 radical (unpaired) electrons. The molecule has 0 saturated heterocycles. The van der Waals surface area contributed by atoms with E-state index in [1.165, 1.54) is 24.3 Å². The second kappa shape index (κ2) is 7.94. The molecular weight excluding hydrogens is 342 g/mol. The van der Waals surface area contributed by atoms with Gasteiger partial charge in [-0.2, -0.15) is 0 Å². The van der Waals surface area contributed by atoms with Crippen LogP contribution in [0.2, 0.25) is 10.0 Å². The monoisotopic (exact) mass is 354 g/mol. The van der Waals surface area contributed by atoms with E-state index in [0.717, 1.165) is 5.56 Å². The van der Waals surface area contributed by atoms with Gasteiger partial charge in [-0.1, -0.05) is 35.3 Å². The fraction of sp³-hybridized carbons (Fsp3) is 0.125. The molecule has 0 spiro atoms.